The molecule has 0 fully saturated rings. The van der Waals surface area contributed by atoms with E-state index < -0.39 is 0 Å². The number of aromatic nitrogens is 4. The quantitative estimate of drug-likeness (QED) is 0.292. The van der Waals surface area contributed by atoms with Crippen LogP contribution in [0, 0.1) is 0 Å². The molecule has 166 valence electrons. The van der Waals surface area contributed by atoms with Crippen LogP contribution in [-0.4, -0.2) is 44.5 Å². The van der Waals surface area contributed by atoms with Crippen molar-refractivity contribution in [2.45, 2.75) is 6.54 Å². The number of rotatable bonds is 7. The molecule has 0 aliphatic heterocycles. The molecular formula is C23H19BrN6O3. The Morgan fingerprint density at radius 3 is 2.67 bits per heavy atom. The van der Waals surface area contributed by atoms with Crippen LogP contribution in [0.1, 0.15) is 21.5 Å². The van der Waals surface area contributed by atoms with E-state index in [2.05, 4.69) is 41.9 Å². The first-order chi connectivity index (χ1) is 16.0. The van der Waals surface area contributed by atoms with Crippen molar-refractivity contribution in [3.05, 3.63) is 87.9 Å². The van der Waals surface area contributed by atoms with Gasteiger partial charge in [0.05, 0.1) is 24.3 Å². The molecule has 33 heavy (non-hydrogen) atoms. The number of amides is 1. The number of phenolic OH excluding ortho intramolecular Hbond substituents is 1. The van der Waals surface area contributed by atoms with Crippen molar-refractivity contribution < 1.29 is 14.6 Å². The molecule has 0 bridgehead atoms. The number of hydrazone groups is 1. The van der Waals surface area contributed by atoms with E-state index >= 15 is 0 Å². The Labute approximate surface area is 197 Å². The summed E-state index contributed by atoms with van der Waals surface area (Å²) in [6, 6.07) is 19.9. The number of nitrogens with zero attached hydrogens (tertiary/aromatic N) is 5. The molecule has 9 nitrogen and oxygen atoms in total. The number of carbonyl (C=O) groups is 1. The third-order valence-electron chi connectivity index (χ3n) is 4.68. The SMILES string of the molecule is COc1cc(/C=N/NC(=O)c2ccc(Cn3nnc(-c4ccccc4)n3)cc2)cc(Br)c1O. The molecule has 2 N–H and O–H groups in total. The summed E-state index contributed by atoms with van der Waals surface area (Å²) in [6.07, 6.45) is 1.46. The fraction of sp³-hybridized carbons (Fsp3) is 0.0870. The number of carbonyl (C=O) groups excluding carboxylic acids is 1. The summed E-state index contributed by atoms with van der Waals surface area (Å²) in [5.74, 6) is 0.497. The number of halogens is 1. The minimum Gasteiger partial charge on any atom is -0.503 e. The van der Waals surface area contributed by atoms with Crippen LogP contribution in [0.2, 0.25) is 0 Å². The Morgan fingerprint density at radius 1 is 1.18 bits per heavy atom. The van der Waals surface area contributed by atoms with Crippen LogP contribution in [0.15, 0.2) is 76.3 Å². The van der Waals surface area contributed by atoms with Crippen molar-refractivity contribution in [3.63, 3.8) is 0 Å². The van der Waals surface area contributed by atoms with Crippen molar-refractivity contribution >= 4 is 28.1 Å². The van der Waals surface area contributed by atoms with Crippen LogP contribution in [-0.2, 0) is 6.54 Å². The molecule has 0 aliphatic carbocycles. The summed E-state index contributed by atoms with van der Waals surface area (Å²) < 4.78 is 5.56. The van der Waals surface area contributed by atoms with Crippen LogP contribution in [0.25, 0.3) is 11.4 Å². The highest BCUT2D eigenvalue weighted by atomic mass is 79.9. The topological polar surface area (TPSA) is 115 Å². The van der Waals surface area contributed by atoms with Crippen molar-refractivity contribution in [2.75, 3.05) is 7.11 Å². The number of phenols is 1. The van der Waals surface area contributed by atoms with Crippen LogP contribution in [0.3, 0.4) is 0 Å². The Balaban J connectivity index is 1.36. The van der Waals surface area contributed by atoms with Gasteiger partial charge < -0.3 is 9.84 Å². The molecule has 3 aromatic carbocycles. The first-order valence-corrected chi connectivity index (χ1v) is 10.6. The molecule has 0 atom stereocenters. The van der Waals surface area contributed by atoms with Crippen molar-refractivity contribution in [2.24, 2.45) is 5.10 Å². The van der Waals surface area contributed by atoms with Gasteiger partial charge in [0.1, 0.15) is 0 Å². The lowest BCUT2D eigenvalue weighted by Gasteiger charge is -2.06. The van der Waals surface area contributed by atoms with E-state index in [1.807, 2.05) is 42.5 Å². The summed E-state index contributed by atoms with van der Waals surface area (Å²) in [5, 5.41) is 26.4. The number of benzene rings is 3. The molecule has 1 amide bonds. The number of ether oxygens (including phenoxy) is 1. The van der Waals surface area contributed by atoms with E-state index in [0.29, 0.717) is 33.7 Å². The number of methoxy groups -OCH3 is 1. The lowest BCUT2D eigenvalue weighted by Crippen LogP contribution is -2.17. The second-order valence-electron chi connectivity index (χ2n) is 6.96. The molecule has 1 heterocycles. The van der Waals surface area contributed by atoms with Gasteiger partial charge in [-0.1, -0.05) is 42.5 Å². The van der Waals surface area contributed by atoms with E-state index in [1.165, 1.54) is 18.1 Å². The minimum atomic E-state index is -0.354. The van der Waals surface area contributed by atoms with Crippen LogP contribution in [0.4, 0.5) is 0 Å². The van der Waals surface area contributed by atoms with Gasteiger partial charge >= 0.3 is 0 Å². The van der Waals surface area contributed by atoms with E-state index in [1.54, 1.807) is 24.3 Å². The first kappa shape index (κ1) is 22.2. The molecule has 0 unspecified atom stereocenters. The largest absolute Gasteiger partial charge is 0.503 e. The van der Waals surface area contributed by atoms with Crippen molar-refractivity contribution in [3.8, 4) is 22.9 Å². The summed E-state index contributed by atoms with van der Waals surface area (Å²) >= 11 is 3.25. The van der Waals surface area contributed by atoms with Gasteiger partial charge in [0.25, 0.3) is 5.91 Å². The van der Waals surface area contributed by atoms with Crippen molar-refractivity contribution in [1.29, 1.82) is 0 Å². The molecular weight excluding hydrogens is 488 g/mol. The van der Waals surface area contributed by atoms with E-state index in [4.69, 9.17) is 4.74 Å². The summed E-state index contributed by atoms with van der Waals surface area (Å²) in [6.45, 7) is 0.428. The number of aromatic hydroxyl groups is 1. The van der Waals surface area contributed by atoms with Crippen LogP contribution < -0.4 is 10.2 Å². The summed E-state index contributed by atoms with van der Waals surface area (Å²) in [7, 11) is 1.45. The molecule has 1 aromatic heterocycles. The van der Waals surface area contributed by atoms with Crippen LogP contribution >= 0.6 is 15.9 Å². The van der Waals surface area contributed by atoms with Gasteiger partial charge in [-0.15, -0.1) is 10.2 Å². The van der Waals surface area contributed by atoms with Gasteiger partial charge in [0.15, 0.2) is 11.5 Å². The standard InChI is InChI=1S/C23H19BrN6O3/c1-33-20-12-16(11-19(24)21(20)31)13-25-27-23(32)18-9-7-15(8-10-18)14-30-28-22(26-29-30)17-5-3-2-4-6-17/h2-13,31H,14H2,1H3,(H,27,32)/b25-13+. The highest BCUT2D eigenvalue weighted by molar-refractivity contribution is 9.10. The maximum absolute atomic E-state index is 12.4. The first-order valence-electron chi connectivity index (χ1n) is 9.85. The molecule has 0 saturated carbocycles. The molecule has 0 spiro atoms. The zero-order chi connectivity index (χ0) is 23.2. The highest BCUT2D eigenvalue weighted by Crippen LogP contribution is 2.34. The van der Waals surface area contributed by atoms with E-state index in [-0.39, 0.29) is 11.7 Å². The Hall–Kier alpha value is -4.05. The Bertz CT molecular complexity index is 1290. The fourth-order valence-electron chi connectivity index (χ4n) is 2.99. The maximum Gasteiger partial charge on any atom is 0.271 e. The maximum atomic E-state index is 12.4. The zero-order valence-electron chi connectivity index (χ0n) is 17.5. The molecule has 4 aromatic rings. The van der Waals surface area contributed by atoms with Gasteiger partial charge in [-0.05, 0) is 56.5 Å². The normalized spacial score (nSPS) is 11.0. The van der Waals surface area contributed by atoms with Crippen molar-refractivity contribution in [1.82, 2.24) is 25.6 Å². The van der Waals surface area contributed by atoms with Gasteiger partial charge in [-0.2, -0.15) is 9.90 Å². The summed E-state index contributed by atoms with van der Waals surface area (Å²) in [5.41, 5.74) is 5.40. The third-order valence-corrected chi connectivity index (χ3v) is 5.28. The molecule has 0 radical (unpaired) electrons. The average molecular weight is 507 g/mol. The number of hydrogen-bond donors (Lipinski definition) is 2. The predicted molar refractivity (Wildman–Crippen MR) is 126 cm³/mol. The monoisotopic (exact) mass is 506 g/mol. The molecule has 4 rings (SSSR count). The second-order valence-corrected chi connectivity index (χ2v) is 7.81. The fourth-order valence-corrected chi connectivity index (χ4v) is 3.45. The average Bonchev–Trinajstić information content (AvgIpc) is 3.30. The molecule has 10 heteroatoms. The Kier molecular flexibility index (Phi) is 6.75. The smallest absolute Gasteiger partial charge is 0.271 e. The highest BCUT2D eigenvalue weighted by Gasteiger charge is 2.09. The zero-order valence-corrected chi connectivity index (χ0v) is 19.1. The number of tetrazole rings is 1. The molecule has 0 saturated heterocycles. The van der Waals surface area contributed by atoms with E-state index in [9.17, 15) is 9.90 Å². The van der Waals surface area contributed by atoms with Gasteiger partial charge in [-0.3, -0.25) is 4.79 Å². The Morgan fingerprint density at radius 2 is 1.94 bits per heavy atom. The van der Waals surface area contributed by atoms with E-state index in [0.717, 1.165) is 11.1 Å². The predicted octanol–water partition coefficient (Wildman–Crippen LogP) is 3.63. The van der Waals surface area contributed by atoms with Crippen LogP contribution in [0.5, 0.6) is 11.5 Å². The lowest BCUT2D eigenvalue weighted by atomic mass is 10.1. The number of nitrogens with one attached hydrogen (secondary N) is 1. The minimum absolute atomic E-state index is 0.00356. The second kappa shape index (κ2) is 10.0. The number of hydrogen-bond acceptors (Lipinski definition) is 7. The van der Waals surface area contributed by atoms with Gasteiger partial charge in [-0.25, -0.2) is 5.43 Å². The lowest BCUT2D eigenvalue weighted by molar-refractivity contribution is 0.0955. The van der Waals surface area contributed by atoms with Gasteiger partial charge in [0.2, 0.25) is 5.82 Å². The summed E-state index contributed by atoms with van der Waals surface area (Å²) in [4.78, 5) is 13.9. The van der Waals surface area contributed by atoms with Gasteiger partial charge in [0, 0.05) is 11.1 Å². The third kappa shape index (κ3) is 5.42. The molecule has 0 aliphatic rings.